The van der Waals surface area contributed by atoms with Gasteiger partial charge in [-0.1, -0.05) is 18.2 Å². The maximum absolute atomic E-state index is 12.8. The zero-order chi connectivity index (χ0) is 15.5. The van der Waals surface area contributed by atoms with Gasteiger partial charge in [0.2, 0.25) is 0 Å². The largest absolute Gasteiger partial charge is 0.406 e. The summed E-state index contributed by atoms with van der Waals surface area (Å²) in [6, 6.07) is 6.29. The molecule has 0 atom stereocenters. The van der Waals surface area contributed by atoms with Crippen LogP contribution in [0.15, 0.2) is 24.3 Å². The van der Waals surface area contributed by atoms with Crippen molar-refractivity contribution in [3.8, 4) is 0 Å². The van der Waals surface area contributed by atoms with Crippen LogP contribution in [0.3, 0.4) is 0 Å². The van der Waals surface area contributed by atoms with Gasteiger partial charge < -0.3 is 9.64 Å². The Bertz CT molecular complexity index is 496. The minimum Gasteiger partial charge on any atom is -0.381 e. The summed E-state index contributed by atoms with van der Waals surface area (Å²) in [5.74, 6) is -0.558. The van der Waals surface area contributed by atoms with Gasteiger partial charge in [0.15, 0.2) is 0 Å². The van der Waals surface area contributed by atoms with Gasteiger partial charge in [0.25, 0.3) is 5.91 Å². The average molecular weight is 301 g/mol. The Labute approximate surface area is 121 Å². The lowest BCUT2D eigenvalue weighted by atomic mass is 10.0. The van der Waals surface area contributed by atoms with Gasteiger partial charge >= 0.3 is 6.18 Å². The van der Waals surface area contributed by atoms with Crippen LogP contribution in [-0.4, -0.2) is 42.8 Å². The summed E-state index contributed by atoms with van der Waals surface area (Å²) >= 11 is 0. The van der Waals surface area contributed by atoms with E-state index in [1.807, 2.05) is 0 Å². The van der Waals surface area contributed by atoms with Crippen LogP contribution >= 0.6 is 0 Å². The molecule has 0 N–H and O–H groups in total. The number of aryl methyl sites for hydroxylation is 1. The van der Waals surface area contributed by atoms with Crippen molar-refractivity contribution >= 4 is 5.91 Å². The Kier molecular flexibility index (Phi) is 4.88. The molecular weight excluding hydrogens is 283 g/mol. The van der Waals surface area contributed by atoms with Crippen LogP contribution in [-0.2, 0) is 4.74 Å². The van der Waals surface area contributed by atoms with Gasteiger partial charge in [0.05, 0.1) is 0 Å². The molecule has 0 aliphatic carbocycles. The molecule has 0 aromatic heterocycles. The molecule has 0 radical (unpaired) electrons. The minimum atomic E-state index is -4.41. The quantitative estimate of drug-likeness (QED) is 0.858. The topological polar surface area (TPSA) is 29.5 Å². The third-order valence-electron chi connectivity index (χ3n) is 3.62. The minimum absolute atomic E-state index is 0.327. The molecule has 1 aromatic rings. The predicted octanol–water partition coefficient (Wildman–Crippen LogP) is 3.18. The van der Waals surface area contributed by atoms with E-state index in [4.69, 9.17) is 4.74 Å². The third kappa shape index (κ3) is 4.20. The van der Waals surface area contributed by atoms with E-state index in [1.54, 1.807) is 31.2 Å². The number of halogens is 3. The van der Waals surface area contributed by atoms with Crippen LogP contribution in [0.4, 0.5) is 13.2 Å². The van der Waals surface area contributed by atoms with Crippen LogP contribution in [0.1, 0.15) is 28.8 Å². The molecule has 0 spiro atoms. The molecule has 1 amide bonds. The molecule has 0 bridgehead atoms. The number of rotatable bonds is 3. The summed E-state index contributed by atoms with van der Waals surface area (Å²) < 4.78 is 43.6. The molecule has 21 heavy (non-hydrogen) atoms. The SMILES string of the molecule is Cc1ccccc1C(=O)N(CC(F)(F)F)C1CCOCC1. The van der Waals surface area contributed by atoms with Gasteiger partial charge in [-0.05, 0) is 31.4 Å². The summed E-state index contributed by atoms with van der Waals surface area (Å²) in [5, 5.41) is 0. The molecule has 1 aromatic carbocycles. The van der Waals surface area contributed by atoms with Crippen molar-refractivity contribution < 1.29 is 22.7 Å². The number of alkyl halides is 3. The molecule has 0 saturated carbocycles. The van der Waals surface area contributed by atoms with Crippen molar-refractivity contribution in [2.24, 2.45) is 0 Å². The standard InChI is InChI=1S/C15H18F3NO2/c1-11-4-2-3-5-13(11)14(20)19(10-15(16,17)18)12-6-8-21-9-7-12/h2-5,12H,6-10H2,1H3. The number of carbonyl (C=O) groups excluding carboxylic acids is 1. The fraction of sp³-hybridized carbons (Fsp3) is 0.533. The van der Waals surface area contributed by atoms with E-state index in [2.05, 4.69) is 0 Å². The Morgan fingerprint density at radius 3 is 2.48 bits per heavy atom. The number of ether oxygens (including phenoxy) is 1. The van der Waals surface area contributed by atoms with Gasteiger partial charge in [0, 0.05) is 24.8 Å². The van der Waals surface area contributed by atoms with Gasteiger partial charge in [0.1, 0.15) is 6.54 Å². The summed E-state index contributed by atoms with van der Waals surface area (Å²) in [4.78, 5) is 13.5. The lowest BCUT2D eigenvalue weighted by Gasteiger charge is -2.35. The zero-order valence-electron chi connectivity index (χ0n) is 11.8. The molecule has 1 saturated heterocycles. The molecule has 0 unspecified atom stereocenters. The van der Waals surface area contributed by atoms with Crippen molar-refractivity contribution in [3.63, 3.8) is 0 Å². The normalized spacial score (nSPS) is 16.8. The number of carbonyl (C=O) groups is 1. The van der Waals surface area contributed by atoms with Gasteiger partial charge in [-0.3, -0.25) is 4.79 Å². The van der Waals surface area contributed by atoms with Crippen LogP contribution < -0.4 is 0 Å². The average Bonchev–Trinajstić information content (AvgIpc) is 2.45. The Hall–Kier alpha value is -1.56. The third-order valence-corrected chi connectivity index (χ3v) is 3.62. The number of hydrogen-bond acceptors (Lipinski definition) is 2. The summed E-state index contributed by atoms with van der Waals surface area (Å²) in [6.07, 6.45) is -3.53. The molecular formula is C15H18F3NO2. The van der Waals surface area contributed by atoms with E-state index in [9.17, 15) is 18.0 Å². The summed E-state index contributed by atoms with van der Waals surface area (Å²) in [6.45, 7) is 1.29. The fourth-order valence-corrected chi connectivity index (χ4v) is 2.52. The highest BCUT2D eigenvalue weighted by molar-refractivity contribution is 5.95. The summed E-state index contributed by atoms with van der Waals surface area (Å²) in [7, 11) is 0. The Morgan fingerprint density at radius 1 is 1.29 bits per heavy atom. The smallest absolute Gasteiger partial charge is 0.381 e. The van der Waals surface area contributed by atoms with Crippen molar-refractivity contribution in [3.05, 3.63) is 35.4 Å². The molecule has 1 fully saturated rings. The van der Waals surface area contributed by atoms with E-state index in [0.717, 1.165) is 4.90 Å². The van der Waals surface area contributed by atoms with Crippen LogP contribution in [0.5, 0.6) is 0 Å². The van der Waals surface area contributed by atoms with Crippen molar-refractivity contribution in [1.29, 1.82) is 0 Å². The van der Waals surface area contributed by atoms with Crippen LogP contribution in [0.2, 0.25) is 0 Å². The highest BCUT2D eigenvalue weighted by Crippen LogP contribution is 2.24. The Balaban J connectivity index is 2.25. The van der Waals surface area contributed by atoms with E-state index < -0.39 is 24.7 Å². The molecule has 1 aliphatic heterocycles. The zero-order valence-corrected chi connectivity index (χ0v) is 11.8. The van der Waals surface area contributed by atoms with Crippen molar-refractivity contribution in [2.45, 2.75) is 32.0 Å². The Morgan fingerprint density at radius 2 is 1.90 bits per heavy atom. The first-order chi connectivity index (χ1) is 9.88. The fourth-order valence-electron chi connectivity index (χ4n) is 2.52. The number of nitrogens with zero attached hydrogens (tertiary/aromatic N) is 1. The summed E-state index contributed by atoms with van der Waals surface area (Å²) in [5.41, 5.74) is 1.01. The maximum Gasteiger partial charge on any atom is 0.406 e. The number of benzene rings is 1. The first-order valence-electron chi connectivity index (χ1n) is 6.89. The monoisotopic (exact) mass is 301 g/mol. The molecule has 2 rings (SSSR count). The van der Waals surface area contributed by atoms with Gasteiger partial charge in [-0.2, -0.15) is 13.2 Å². The van der Waals surface area contributed by atoms with E-state index in [0.29, 0.717) is 37.2 Å². The number of amides is 1. The van der Waals surface area contributed by atoms with Gasteiger partial charge in [-0.25, -0.2) is 0 Å². The first-order valence-corrected chi connectivity index (χ1v) is 6.89. The van der Waals surface area contributed by atoms with Crippen LogP contribution in [0.25, 0.3) is 0 Å². The van der Waals surface area contributed by atoms with E-state index >= 15 is 0 Å². The number of hydrogen-bond donors (Lipinski definition) is 0. The molecule has 1 heterocycles. The highest BCUT2D eigenvalue weighted by Gasteiger charge is 2.37. The van der Waals surface area contributed by atoms with Gasteiger partial charge in [-0.15, -0.1) is 0 Å². The first kappa shape index (κ1) is 15.8. The second-order valence-electron chi connectivity index (χ2n) is 5.21. The van der Waals surface area contributed by atoms with E-state index in [1.165, 1.54) is 0 Å². The van der Waals surface area contributed by atoms with Crippen molar-refractivity contribution in [1.82, 2.24) is 4.90 Å². The maximum atomic E-state index is 12.8. The van der Waals surface area contributed by atoms with Crippen LogP contribution in [0, 0.1) is 6.92 Å². The van der Waals surface area contributed by atoms with E-state index in [-0.39, 0.29) is 0 Å². The molecule has 116 valence electrons. The lowest BCUT2D eigenvalue weighted by Crippen LogP contribution is -2.48. The second kappa shape index (κ2) is 6.47. The molecule has 3 nitrogen and oxygen atoms in total. The molecule has 6 heteroatoms. The molecule has 1 aliphatic rings. The predicted molar refractivity (Wildman–Crippen MR) is 72.1 cm³/mol. The lowest BCUT2D eigenvalue weighted by molar-refractivity contribution is -0.147. The van der Waals surface area contributed by atoms with Crippen molar-refractivity contribution in [2.75, 3.05) is 19.8 Å². The highest BCUT2D eigenvalue weighted by atomic mass is 19.4. The second-order valence-corrected chi connectivity index (χ2v) is 5.21.